The molecule has 25 heavy (non-hydrogen) atoms. The molecule has 2 aliphatic rings. The van der Waals surface area contributed by atoms with Crippen molar-refractivity contribution >= 4 is 17.7 Å². The average Bonchev–Trinajstić information content (AvgIpc) is 2.98. The summed E-state index contributed by atoms with van der Waals surface area (Å²) in [6.45, 7) is 4.66. The average molecular weight is 366 g/mol. The molecule has 1 N–H and O–H groups in total. The SMILES string of the molecule is CSc1nnc([C@H]2CCCN(CC(=O)N[C@H]3CCCC[C@H]3C)C2)n1C. The third-order valence-electron chi connectivity index (χ3n) is 5.75. The van der Waals surface area contributed by atoms with Gasteiger partial charge < -0.3 is 9.88 Å². The van der Waals surface area contributed by atoms with E-state index in [0.717, 1.165) is 43.3 Å². The Morgan fingerprint density at radius 1 is 1.24 bits per heavy atom. The molecule has 1 aliphatic carbocycles. The van der Waals surface area contributed by atoms with Gasteiger partial charge in [-0.1, -0.05) is 31.5 Å². The lowest BCUT2D eigenvalue weighted by Crippen LogP contribution is -2.47. The molecule has 1 aromatic rings. The van der Waals surface area contributed by atoms with Gasteiger partial charge in [0.1, 0.15) is 5.82 Å². The van der Waals surface area contributed by atoms with Gasteiger partial charge in [0.25, 0.3) is 0 Å². The Morgan fingerprint density at radius 2 is 2.04 bits per heavy atom. The van der Waals surface area contributed by atoms with Gasteiger partial charge in [-0.3, -0.25) is 9.69 Å². The molecule has 140 valence electrons. The van der Waals surface area contributed by atoms with E-state index >= 15 is 0 Å². The van der Waals surface area contributed by atoms with Gasteiger partial charge in [0.05, 0.1) is 6.54 Å². The summed E-state index contributed by atoms with van der Waals surface area (Å²) in [5.41, 5.74) is 0. The lowest BCUT2D eigenvalue weighted by atomic mass is 9.86. The number of piperidine rings is 1. The number of carbonyl (C=O) groups excluding carboxylic acids is 1. The Labute approximate surface area is 155 Å². The van der Waals surface area contributed by atoms with E-state index in [4.69, 9.17) is 0 Å². The van der Waals surface area contributed by atoms with Crippen molar-refractivity contribution in [3.8, 4) is 0 Å². The minimum absolute atomic E-state index is 0.183. The van der Waals surface area contributed by atoms with E-state index in [1.165, 1.54) is 19.3 Å². The zero-order valence-corrected chi connectivity index (χ0v) is 16.5. The number of thioether (sulfide) groups is 1. The smallest absolute Gasteiger partial charge is 0.234 e. The second-order valence-electron chi connectivity index (χ2n) is 7.61. The lowest BCUT2D eigenvalue weighted by molar-refractivity contribution is -0.123. The molecule has 6 nitrogen and oxygen atoms in total. The maximum absolute atomic E-state index is 12.5. The number of aromatic nitrogens is 3. The third kappa shape index (κ3) is 4.56. The molecule has 1 aliphatic heterocycles. The van der Waals surface area contributed by atoms with Crippen molar-refractivity contribution in [3.63, 3.8) is 0 Å². The van der Waals surface area contributed by atoms with Crippen LogP contribution in [0.4, 0.5) is 0 Å². The molecule has 0 aromatic carbocycles. The fourth-order valence-electron chi connectivity index (χ4n) is 4.26. The van der Waals surface area contributed by atoms with Gasteiger partial charge in [-0.25, -0.2) is 0 Å². The van der Waals surface area contributed by atoms with Crippen LogP contribution in [0.3, 0.4) is 0 Å². The second-order valence-corrected chi connectivity index (χ2v) is 8.39. The van der Waals surface area contributed by atoms with Gasteiger partial charge in [0.15, 0.2) is 5.16 Å². The van der Waals surface area contributed by atoms with E-state index < -0.39 is 0 Å². The van der Waals surface area contributed by atoms with Crippen LogP contribution in [0.15, 0.2) is 5.16 Å². The molecule has 1 saturated carbocycles. The Morgan fingerprint density at radius 3 is 2.76 bits per heavy atom. The molecule has 1 amide bonds. The molecule has 3 rings (SSSR count). The zero-order chi connectivity index (χ0) is 17.8. The quantitative estimate of drug-likeness (QED) is 0.812. The number of carbonyl (C=O) groups is 1. The van der Waals surface area contributed by atoms with Crippen LogP contribution in [0.25, 0.3) is 0 Å². The number of nitrogens with one attached hydrogen (secondary N) is 1. The summed E-state index contributed by atoms with van der Waals surface area (Å²) in [4.78, 5) is 14.8. The normalized spacial score (nSPS) is 28.0. The molecule has 1 saturated heterocycles. The van der Waals surface area contributed by atoms with E-state index in [1.54, 1.807) is 11.8 Å². The van der Waals surface area contributed by atoms with Crippen molar-refractivity contribution < 1.29 is 4.79 Å². The first-order chi connectivity index (χ1) is 12.1. The van der Waals surface area contributed by atoms with Crippen LogP contribution in [-0.4, -0.2) is 57.5 Å². The van der Waals surface area contributed by atoms with Gasteiger partial charge in [0, 0.05) is 25.6 Å². The van der Waals surface area contributed by atoms with Crippen molar-refractivity contribution in [2.75, 3.05) is 25.9 Å². The van der Waals surface area contributed by atoms with Crippen LogP contribution >= 0.6 is 11.8 Å². The highest BCUT2D eigenvalue weighted by Gasteiger charge is 2.28. The topological polar surface area (TPSA) is 63.1 Å². The van der Waals surface area contributed by atoms with Crippen molar-refractivity contribution in [2.24, 2.45) is 13.0 Å². The van der Waals surface area contributed by atoms with Crippen molar-refractivity contribution in [2.45, 2.75) is 62.6 Å². The summed E-state index contributed by atoms with van der Waals surface area (Å²) < 4.78 is 2.10. The molecule has 0 spiro atoms. The van der Waals surface area contributed by atoms with Crippen molar-refractivity contribution in [1.29, 1.82) is 0 Å². The van der Waals surface area contributed by atoms with Gasteiger partial charge in [-0.2, -0.15) is 0 Å². The Bertz CT molecular complexity index is 590. The number of likely N-dealkylation sites (tertiary alicyclic amines) is 1. The lowest BCUT2D eigenvalue weighted by Gasteiger charge is -2.33. The predicted molar refractivity (Wildman–Crippen MR) is 101 cm³/mol. The Balaban J connectivity index is 1.54. The highest BCUT2D eigenvalue weighted by atomic mass is 32.2. The summed E-state index contributed by atoms with van der Waals surface area (Å²) in [5, 5.41) is 12.9. The minimum atomic E-state index is 0.183. The predicted octanol–water partition coefficient (Wildman–Crippen LogP) is 2.41. The van der Waals surface area contributed by atoms with Gasteiger partial charge in [-0.15, -0.1) is 10.2 Å². The molecule has 3 atom stereocenters. The number of amides is 1. The monoisotopic (exact) mass is 365 g/mol. The first-order valence-electron chi connectivity index (χ1n) is 9.53. The molecular weight excluding hydrogens is 334 g/mol. The van der Waals surface area contributed by atoms with Crippen LogP contribution in [0.2, 0.25) is 0 Å². The van der Waals surface area contributed by atoms with Crippen LogP contribution in [0.5, 0.6) is 0 Å². The molecule has 0 radical (unpaired) electrons. The molecule has 2 heterocycles. The van der Waals surface area contributed by atoms with E-state index in [-0.39, 0.29) is 5.91 Å². The first kappa shape index (κ1) is 18.7. The molecule has 0 unspecified atom stereocenters. The summed E-state index contributed by atoms with van der Waals surface area (Å²) in [7, 11) is 2.04. The first-order valence-corrected chi connectivity index (χ1v) is 10.8. The fraction of sp³-hybridized carbons (Fsp3) is 0.833. The minimum Gasteiger partial charge on any atom is -0.352 e. The van der Waals surface area contributed by atoms with E-state index in [1.807, 2.05) is 13.3 Å². The molecular formula is C18H31N5OS. The standard InChI is InChI=1S/C18H31N5OS/c1-13-7-4-5-9-15(13)19-16(24)12-23-10-6-8-14(11-23)17-20-21-18(25-3)22(17)2/h13-15H,4-12H2,1-3H3,(H,19,24)/t13-,14+,15+/m1/s1. The van der Waals surface area contributed by atoms with Gasteiger partial charge in [0.2, 0.25) is 5.91 Å². The van der Waals surface area contributed by atoms with Crippen LogP contribution in [-0.2, 0) is 11.8 Å². The van der Waals surface area contributed by atoms with Crippen molar-refractivity contribution in [3.05, 3.63) is 5.82 Å². The maximum Gasteiger partial charge on any atom is 0.234 e. The number of hydrogen-bond acceptors (Lipinski definition) is 5. The summed E-state index contributed by atoms with van der Waals surface area (Å²) >= 11 is 1.62. The largest absolute Gasteiger partial charge is 0.352 e. The summed E-state index contributed by atoms with van der Waals surface area (Å²) in [6, 6.07) is 0.365. The highest BCUT2D eigenvalue weighted by Crippen LogP contribution is 2.27. The number of rotatable bonds is 5. The van der Waals surface area contributed by atoms with Crippen molar-refractivity contribution in [1.82, 2.24) is 25.0 Å². The highest BCUT2D eigenvalue weighted by molar-refractivity contribution is 7.98. The van der Waals surface area contributed by atoms with Gasteiger partial charge >= 0.3 is 0 Å². The molecule has 1 aromatic heterocycles. The van der Waals surface area contributed by atoms with Crippen LogP contribution in [0, 0.1) is 5.92 Å². The van der Waals surface area contributed by atoms with Crippen LogP contribution in [0.1, 0.15) is 57.2 Å². The Hall–Kier alpha value is -1.08. The summed E-state index contributed by atoms with van der Waals surface area (Å²) in [6.07, 6.45) is 9.17. The Kier molecular flexibility index (Phi) is 6.39. The number of hydrogen-bond donors (Lipinski definition) is 1. The van der Waals surface area contributed by atoms with E-state index in [2.05, 4.69) is 31.9 Å². The fourth-order valence-corrected chi connectivity index (χ4v) is 4.75. The zero-order valence-electron chi connectivity index (χ0n) is 15.7. The molecule has 2 fully saturated rings. The van der Waals surface area contributed by atoms with Crippen LogP contribution < -0.4 is 5.32 Å². The van der Waals surface area contributed by atoms with E-state index in [9.17, 15) is 4.79 Å². The summed E-state index contributed by atoms with van der Waals surface area (Å²) in [5.74, 6) is 2.21. The third-order valence-corrected chi connectivity index (χ3v) is 6.47. The van der Waals surface area contributed by atoms with Gasteiger partial charge in [-0.05, 0) is 44.4 Å². The van der Waals surface area contributed by atoms with E-state index in [0.29, 0.717) is 24.4 Å². The molecule has 0 bridgehead atoms. The second kappa shape index (κ2) is 8.54. The molecule has 7 heteroatoms. The maximum atomic E-state index is 12.5. The number of nitrogens with zero attached hydrogens (tertiary/aromatic N) is 4.